The van der Waals surface area contributed by atoms with Gasteiger partial charge in [0.1, 0.15) is 0 Å². The molecule has 29 heavy (non-hydrogen) atoms. The van der Waals surface area contributed by atoms with Crippen LogP contribution >= 0.6 is 0 Å². The zero-order chi connectivity index (χ0) is 20.1. The molecular weight excluding hydrogens is 358 g/mol. The van der Waals surface area contributed by atoms with Crippen LogP contribution in [-0.2, 0) is 6.54 Å². The Bertz CT molecular complexity index is 1030. The van der Waals surface area contributed by atoms with Crippen LogP contribution in [0.2, 0.25) is 0 Å². The molecule has 0 saturated heterocycles. The van der Waals surface area contributed by atoms with Crippen molar-refractivity contribution in [2.24, 2.45) is 0 Å². The van der Waals surface area contributed by atoms with E-state index in [0.717, 1.165) is 28.1 Å². The molecule has 0 bridgehead atoms. The quantitative estimate of drug-likeness (QED) is 0.503. The van der Waals surface area contributed by atoms with Crippen LogP contribution in [0.25, 0.3) is 16.9 Å². The molecule has 4 rings (SSSR count). The third kappa shape index (κ3) is 4.62. The molecule has 0 radical (unpaired) electrons. The van der Waals surface area contributed by atoms with Crippen LogP contribution in [0.1, 0.15) is 17.2 Å². The fourth-order valence-corrected chi connectivity index (χ4v) is 3.51. The van der Waals surface area contributed by atoms with Gasteiger partial charge in [-0.3, -0.25) is 4.90 Å². The standard InChI is InChI=1S/C25H25N3O/c1-27(19-24(29)20-11-5-2-6-12-20)17-22-18-28(23-15-9-4-10-16-23)26-25(22)21-13-7-3-8-14-21/h2-16,18,24,29H,17,19H2,1H3. The van der Waals surface area contributed by atoms with E-state index in [0.29, 0.717) is 13.1 Å². The number of hydrogen-bond acceptors (Lipinski definition) is 3. The van der Waals surface area contributed by atoms with Gasteiger partial charge in [-0.05, 0) is 24.7 Å². The minimum atomic E-state index is -0.523. The Labute approximate surface area is 171 Å². The number of rotatable bonds is 7. The number of benzene rings is 3. The zero-order valence-electron chi connectivity index (χ0n) is 16.5. The largest absolute Gasteiger partial charge is 0.387 e. The first kappa shape index (κ1) is 19.1. The van der Waals surface area contributed by atoms with Crippen molar-refractivity contribution in [1.29, 1.82) is 0 Å². The molecule has 146 valence electrons. The Kier molecular flexibility index (Phi) is 5.84. The Morgan fingerprint density at radius 2 is 1.45 bits per heavy atom. The van der Waals surface area contributed by atoms with E-state index in [-0.39, 0.29) is 0 Å². The SMILES string of the molecule is CN(Cc1cn(-c2ccccc2)nc1-c1ccccc1)CC(O)c1ccccc1. The molecule has 1 heterocycles. The number of para-hydroxylation sites is 1. The highest BCUT2D eigenvalue weighted by Gasteiger charge is 2.16. The predicted octanol–water partition coefficient (Wildman–Crippen LogP) is 4.70. The summed E-state index contributed by atoms with van der Waals surface area (Å²) in [5.74, 6) is 0. The molecule has 0 saturated carbocycles. The molecule has 0 aliphatic rings. The molecule has 0 fully saturated rings. The molecule has 1 aromatic heterocycles. The van der Waals surface area contributed by atoms with Gasteiger partial charge in [0.05, 0.1) is 17.5 Å². The summed E-state index contributed by atoms with van der Waals surface area (Å²) in [6.07, 6.45) is 1.56. The topological polar surface area (TPSA) is 41.3 Å². The highest BCUT2D eigenvalue weighted by molar-refractivity contribution is 5.63. The van der Waals surface area contributed by atoms with E-state index in [1.54, 1.807) is 0 Å². The van der Waals surface area contributed by atoms with Gasteiger partial charge in [-0.15, -0.1) is 0 Å². The fourth-order valence-electron chi connectivity index (χ4n) is 3.51. The van der Waals surface area contributed by atoms with Crippen LogP contribution in [0.15, 0.2) is 97.2 Å². The van der Waals surface area contributed by atoms with E-state index >= 15 is 0 Å². The number of aromatic nitrogens is 2. The van der Waals surface area contributed by atoms with Crippen molar-refractivity contribution >= 4 is 0 Å². The van der Waals surface area contributed by atoms with Crippen molar-refractivity contribution < 1.29 is 5.11 Å². The van der Waals surface area contributed by atoms with Gasteiger partial charge in [-0.2, -0.15) is 5.10 Å². The molecule has 0 aliphatic carbocycles. The van der Waals surface area contributed by atoms with Crippen molar-refractivity contribution in [2.75, 3.05) is 13.6 Å². The molecule has 1 N–H and O–H groups in total. The van der Waals surface area contributed by atoms with E-state index in [2.05, 4.69) is 35.4 Å². The summed E-state index contributed by atoms with van der Waals surface area (Å²) in [5, 5.41) is 15.4. The van der Waals surface area contributed by atoms with Crippen LogP contribution in [-0.4, -0.2) is 33.4 Å². The van der Waals surface area contributed by atoms with E-state index in [9.17, 15) is 5.11 Å². The number of nitrogens with zero attached hydrogens (tertiary/aromatic N) is 3. The van der Waals surface area contributed by atoms with E-state index in [4.69, 9.17) is 5.10 Å². The third-order valence-corrected chi connectivity index (χ3v) is 4.97. The summed E-state index contributed by atoms with van der Waals surface area (Å²) in [7, 11) is 2.03. The third-order valence-electron chi connectivity index (χ3n) is 4.97. The molecule has 4 aromatic rings. The normalized spacial score (nSPS) is 12.2. The highest BCUT2D eigenvalue weighted by Crippen LogP contribution is 2.25. The first-order valence-corrected chi connectivity index (χ1v) is 9.81. The van der Waals surface area contributed by atoms with E-state index in [1.165, 1.54) is 0 Å². The summed E-state index contributed by atoms with van der Waals surface area (Å²) < 4.78 is 1.93. The minimum Gasteiger partial charge on any atom is -0.387 e. The molecule has 1 atom stereocenters. The Balaban J connectivity index is 1.59. The van der Waals surface area contributed by atoms with E-state index in [1.807, 2.05) is 78.5 Å². The zero-order valence-corrected chi connectivity index (χ0v) is 16.5. The monoisotopic (exact) mass is 383 g/mol. The average Bonchev–Trinajstić information content (AvgIpc) is 3.19. The molecular formula is C25H25N3O. The van der Waals surface area contributed by atoms with Crippen LogP contribution in [0.3, 0.4) is 0 Å². The Hall–Kier alpha value is -3.21. The maximum Gasteiger partial charge on any atom is 0.0972 e. The molecule has 0 amide bonds. The Morgan fingerprint density at radius 1 is 0.862 bits per heavy atom. The molecule has 0 spiro atoms. The van der Waals surface area contributed by atoms with Gasteiger partial charge in [0.25, 0.3) is 0 Å². The first-order chi connectivity index (χ1) is 14.2. The van der Waals surface area contributed by atoms with Crippen molar-refractivity contribution in [3.05, 3.63) is 108 Å². The van der Waals surface area contributed by atoms with Gasteiger partial charge in [0, 0.05) is 30.4 Å². The maximum atomic E-state index is 10.6. The lowest BCUT2D eigenvalue weighted by Gasteiger charge is -2.20. The highest BCUT2D eigenvalue weighted by atomic mass is 16.3. The van der Waals surface area contributed by atoms with Gasteiger partial charge in [-0.25, -0.2) is 4.68 Å². The number of likely N-dealkylation sites (N-methyl/N-ethyl adjacent to an activating group) is 1. The van der Waals surface area contributed by atoms with Crippen molar-refractivity contribution in [1.82, 2.24) is 14.7 Å². The lowest BCUT2D eigenvalue weighted by atomic mass is 10.1. The second kappa shape index (κ2) is 8.86. The fraction of sp³-hybridized carbons (Fsp3) is 0.160. The summed E-state index contributed by atoms with van der Waals surface area (Å²) in [6.45, 7) is 1.25. The lowest BCUT2D eigenvalue weighted by molar-refractivity contribution is 0.124. The van der Waals surface area contributed by atoms with Crippen molar-refractivity contribution in [3.8, 4) is 16.9 Å². The van der Waals surface area contributed by atoms with Crippen molar-refractivity contribution in [2.45, 2.75) is 12.6 Å². The van der Waals surface area contributed by atoms with Crippen LogP contribution in [0.5, 0.6) is 0 Å². The maximum absolute atomic E-state index is 10.6. The molecule has 3 aromatic carbocycles. The molecule has 0 aliphatic heterocycles. The first-order valence-electron chi connectivity index (χ1n) is 9.81. The van der Waals surface area contributed by atoms with Gasteiger partial charge < -0.3 is 5.11 Å². The summed E-state index contributed by atoms with van der Waals surface area (Å²) >= 11 is 0. The van der Waals surface area contributed by atoms with Crippen LogP contribution in [0.4, 0.5) is 0 Å². The minimum absolute atomic E-state index is 0.523. The van der Waals surface area contributed by atoms with Gasteiger partial charge in [0.15, 0.2) is 0 Å². The van der Waals surface area contributed by atoms with Crippen LogP contribution < -0.4 is 0 Å². The number of aliphatic hydroxyl groups excluding tert-OH is 1. The predicted molar refractivity (Wildman–Crippen MR) is 117 cm³/mol. The molecule has 1 unspecified atom stereocenters. The van der Waals surface area contributed by atoms with Crippen molar-refractivity contribution in [3.63, 3.8) is 0 Å². The summed E-state index contributed by atoms with van der Waals surface area (Å²) in [5.41, 5.74) is 5.15. The van der Waals surface area contributed by atoms with Crippen LogP contribution in [0, 0.1) is 0 Å². The molecule has 4 nitrogen and oxygen atoms in total. The van der Waals surface area contributed by atoms with Gasteiger partial charge in [0.2, 0.25) is 0 Å². The summed E-state index contributed by atoms with van der Waals surface area (Å²) in [6, 6.07) is 30.2. The smallest absolute Gasteiger partial charge is 0.0972 e. The molecule has 4 heteroatoms. The number of hydrogen-bond donors (Lipinski definition) is 1. The second-order valence-corrected chi connectivity index (χ2v) is 7.27. The lowest BCUT2D eigenvalue weighted by Crippen LogP contribution is -2.24. The number of aliphatic hydroxyl groups is 1. The van der Waals surface area contributed by atoms with Gasteiger partial charge in [-0.1, -0.05) is 78.9 Å². The summed E-state index contributed by atoms with van der Waals surface area (Å²) in [4.78, 5) is 2.14. The van der Waals surface area contributed by atoms with Gasteiger partial charge >= 0.3 is 0 Å². The Morgan fingerprint density at radius 3 is 2.10 bits per heavy atom. The average molecular weight is 383 g/mol. The second-order valence-electron chi connectivity index (χ2n) is 7.27. The van der Waals surface area contributed by atoms with E-state index < -0.39 is 6.10 Å².